The number of anilines is 1. The zero-order valence-corrected chi connectivity index (χ0v) is 15.7. The third kappa shape index (κ3) is 3.89. The fraction of sp³-hybridized carbons (Fsp3) is 0.400. The van der Waals surface area contributed by atoms with Crippen LogP contribution >= 0.6 is 0 Å². The van der Waals surface area contributed by atoms with Crippen LogP contribution in [0.4, 0.5) is 5.82 Å². The highest BCUT2D eigenvalue weighted by Gasteiger charge is 2.23. The van der Waals surface area contributed by atoms with Crippen LogP contribution in [-0.4, -0.2) is 57.7 Å². The minimum atomic E-state index is 0.200. The van der Waals surface area contributed by atoms with E-state index in [0.717, 1.165) is 61.0 Å². The van der Waals surface area contributed by atoms with E-state index in [9.17, 15) is 0 Å². The Balaban J connectivity index is 1.62. The zero-order valence-electron chi connectivity index (χ0n) is 15.7. The molecule has 3 aromatic rings. The number of hydrogen-bond acceptors (Lipinski definition) is 7. The summed E-state index contributed by atoms with van der Waals surface area (Å²) in [7, 11) is 0. The highest BCUT2D eigenvalue weighted by molar-refractivity contribution is 5.89. The van der Waals surface area contributed by atoms with Crippen molar-refractivity contribution in [1.29, 1.82) is 0 Å². The van der Waals surface area contributed by atoms with Crippen LogP contribution in [0.2, 0.25) is 0 Å². The number of pyridine rings is 2. The molecule has 0 aliphatic carbocycles. The van der Waals surface area contributed by atoms with Gasteiger partial charge in [-0.1, -0.05) is 6.07 Å². The van der Waals surface area contributed by atoms with Gasteiger partial charge >= 0.3 is 0 Å². The smallest absolute Gasteiger partial charge is 0.165 e. The Labute approximate surface area is 158 Å². The first-order valence-electron chi connectivity index (χ1n) is 9.27. The van der Waals surface area contributed by atoms with Gasteiger partial charge in [-0.05, 0) is 37.1 Å². The van der Waals surface area contributed by atoms with Crippen LogP contribution in [0.5, 0.6) is 0 Å². The largest absolute Gasteiger partial charge is 0.379 e. The molecule has 7 heteroatoms. The van der Waals surface area contributed by atoms with Gasteiger partial charge in [-0.2, -0.15) is 0 Å². The van der Waals surface area contributed by atoms with E-state index in [1.807, 2.05) is 25.4 Å². The van der Waals surface area contributed by atoms with Crippen molar-refractivity contribution in [2.45, 2.75) is 19.9 Å². The molecule has 0 bridgehead atoms. The Bertz CT molecular complexity index is 911. The second-order valence-corrected chi connectivity index (χ2v) is 6.83. The van der Waals surface area contributed by atoms with Crippen molar-refractivity contribution >= 4 is 16.9 Å². The number of morpholine rings is 1. The lowest BCUT2D eigenvalue weighted by atomic mass is 10.1. The molecule has 0 aromatic carbocycles. The molecular weight excluding hydrogens is 340 g/mol. The average Bonchev–Trinajstić information content (AvgIpc) is 2.69. The van der Waals surface area contributed by atoms with Crippen molar-refractivity contribution in [1.82, 2.24) is 24.8 Å². The fourth-order valence-corrected chi connectivity index (χ4v) is 3.66. The monoisotopic (exact) mass is 364 g/mol. The zero-order chi connectivity index (χ0) is 18.6. The maximum Gasteiger partial charge on any atom is 0.165 e. The van der Waals surface area contributed by atoms with Crippen molar-refractivity contribution in [2.75, 3.05) is 38.2 Å². The first kappa shape index (κ1) is 17.8. The van der Waals surface area contributed by atoms with Crippen molar-refractivity contribution in [3.05, 3.63) is 53.7 Å². The van der Waals surface area contributed by atoms with Crippen LogP contribution < -0.4 is 5.32 Å². The van der Waals surface area contributed by atoms with E-state index in [2.05, 4.69) is 49.2 Å². The molecule has 0 unspecified atom stereocenters. The Morgan fingerprint density at radius 3 is 2.85 bits per heavy atom. The molecule has 3 aromatic heterocycles. The van der Waals surface area contributed by atoms with E-state index < -0.39 is 0 Å². The van der Waals surface area contributed by atoms with E-state index in [0.29, 0.717) is 0 Å². The molecule has 1 atom stereocenters. The van der Waals surface area contributed by atoms with Crippen LogP contribution in [0.25, 0.3) is 11.0 Å². The molecule has 1 N–H and O–H groups in total. The van der Waals surface area contributed by atoms with E-state index in [4.69, 9.17) is 4.74 Å². The summed E-state index contributed by atoms with van der Waals surface area (Å²) in [5.74, 6) is 0.826. The highest BCUT2D eigenvalue weighted by Crippen LogP contribution is 2.25. The Morgan fingerprint density at radius 2 is 2.07 bits per heavy atom. The van der Waals surface area contributed by atoms with Crippen LogP contribution in [0.15, 0.2) is 36.9 Å². The summed E-state index contributed by atoms with van der Waals surface area (Å²) in [6, 6.07) is 6.38. The lowest BCUT2D eigenvalue weighted by molar-refractivity contribution is 0.0186. The predicted octanol–water partition coefficient (Wildman–Crippen LogP) is 2.52. The maximum atomic E-state index is 5.53. The molecule has 0 radical (unpaired) electrons. The Kier molecular flexibility index (Phi) is 5.22. The van der Waals surface area contributed by atoms with Gasteiger partial charge in [0.25, 0.3) is 0 Å². The van der Waals surface area contributed by atoms with Gasteiger partial charge in [0.15, 0.2) is 5.65 Å². The molecule has 7 nitrogen and oxygen atoms in total. The fourth-order valence-electron chi connectivity index (χ4n) is 3.66. The lowest BCUT2D eigenvalue weighted by Gasteiger charge is -2.34. The van der Waals surface area contributed by atoms with Gasteiger partial charge in [-0.25, -0.2) is 15.0 Å². The molecule has 1 aliphatic heterocycles. The third-order valence-corrected chi connectivity index (χ3v) is 4.95. The molecule has 4 heterocycles. The Morgan fingerprint density at radius 1 is 1.22 bits per heavy atom. The second kappa shape index (κ2) is 7.94. The summed E-state index contributed by atoms with van der Waals surface area (Å²) in [4.78, 5) is 20.1. The van der Waals surface area contributed by atoms with Gasteiger partial charge in [0.05, 0.1) is 24.6 Å². The number of rotatable bonds is 5. The van der Waals surface area contributed by atoms with Crippen LogP contribution in [0, 0.1) is 13.8 Å². The number of aromatic nitrogens is 4. The summed E-state index contributed by atoms with van der Waals surface area (Å²) < 4.78 is 5.53. The molecule has 4 rings (SSSR count). The van der Waals surface area contributed by atoms with Crippen molar-refractivity contribution in [2.24, 2.45) is 0 Å². The number of nitrogens with one attached hydrogen (secondary N) is 1. The molecule has 1 aliphatic rings. The van der Waals surface area contributed by atoms with E-state index in [-0.39, 0.29) is 6.04 Å². The predicted molar refractivity (Wildman–Crippen MR) is 105 cm³/mol. The molecule has 140 valence electrons. The molecule has 0 amide bonds. The molecule has 1 fully saturated rings. The first-order chi connectivity index (χ1) is 13.2. The van der Waals surface area contributed by atoms with E-state index in [1.54, 1.807) is 6.33 Å². The van der Waals surface area contributed by atoms with Crippen molar-refractivity contribution in [3.63, 3.8) is 0 Å². The first-order valence-corrected chi connectivity index (χ1v) is 9.27. The van der Waals surface area contributed by atoms with Gasteiger partial charge in [-0.3, -0.25) is 9.88 Å². The lowest BCUT2D eigenvalue weighted by Crippen LogP contribution is -2.41. The number of nitrogens with zero attached hydrogens (tertiary/aromatic N) is 5. The average molecular weight is 364 g/mol. The van der Waals surface area contributed by atoms with Crippen LogP contribution in [0.3, 0.4) is 0 Å². The number of ether oxygens (including phenoxy) is 1. The van der Waals surface area contributed by atoms with Crippen LogP contribution in [0.1, 0.15) is 22.9 Å². The summed E-state index contributed by atoms with van der Waals surface area (Å²) in [5, 5.41) is 4.52. The SMILES string of the molecule is Cc1cc(C)c2c(NC[C@@H](c3cccnc3)N3CCOCC3)ncnc2n1. The summed E-state index contributed by atoms with van der Waals surface area (Å²) >= 11 is 0. The second-order valence-electron chi connectivity index (χ2n) is 6.83. The summed E-state index contributed by atoms with van der Waals surface area (Å²) in [5.41, 5.74) is 4.02. The number of aryl methyl sites for hydroxylation is 2. The van der Waals surface area contributed by atoms with Crippen molar-refractivity contribution < 1.29 is 4.74 Å². The standard InChI is InChI=1S/C20H24N6O/c1-14-10-15(2)25-20-18(14)19(23-13-24-20)22-12-17(16-4-3-5-21-11-16)26-6-8-27-9-7-26/h3-5,10-11,13,17H,6-9,12H2,1-2H3,(H,22,23,24,25)/t17-/m0/s1. The minimum Gasteiger partial charge on any atom is -0.379 e. The summed E-state index contributed by atoms with van der Waals surface area (Å²) in [6.45, 7) is 8.12. The highest BCUT2D eigenvalue weighted by atomic mass is 16.5. The summed E-state index contributed by atoms with van der Waals surface area (Å²) in [6.07, 6.45) is 5.32. The van der Waals surface area contributed by atoms with Crippen molar-refractivity contribution in [3.8, 4) is 0 Å². The molecule has 27 heavy (non-hydrogen) atoms. The maximum absolute atomic E-state index is 5.53. The van der Waals surface area contributed by atoms with E-state index >= 15 is 0 Å². The Hall–Kier alpha value is -2.64. The third-order valence-electron chi connectivity index (χ3n) is 4.95. The van der Waals surface area contributed by atoms with Crippen LogP contribution in [-0.2, 0) is 4.74 Å². The molecule has 0 saturated carbocycles. The number of hydrogen-bond donors (Lipinski definition) is 1. The van der Waals surface area contributed by atoms with Gasteiger partial charge in [0.1, 0.15) is 12.1 Å². The molecule has 0 spiro atoms. The molecule has 1 saturated heterocycles. The van der Waals surface area contributed by atoms with Gasteiger partial charge in [0.2, 0.25) is 0 Å². The normalized spacial score (nSPS) is 16.4. The topological polar surface area (TPSA) is 76.1 Å². The van der Waals surface area contributed by atoms with Gasteiger partial charge in [-0.15, -0.1) is 0 Å². The van der Waals surface area contributed by atoms with E-state index in [1.165, 1.54) is 5.56 Å². The van der Waals surface area contributed by atoms with Gasteiger partial charge in [0, 0.05) is 37.7 Å². The number of fused-ring (bicyclic) bond motifs is 1. The quantitative estimate of drug-likeness (QED) is 0.745. The van der Waals surface area contributed by atoms with Gasteiger partial charge < -0.3 is 10.1 Å². The molecular formula is C20H24N6O. The minimum absolute atomic E-state index is 0.200.